The zero-order valence-electron chi connectivity index (χ0n) is 19.2. The van der Waals surface area contributed by atoms with Gasteiger partial charge in [-0.3, -0.25) is 9.59 Å². The fourth-order valence-electron chi connectivity index (χ4n) is 3.70. The van der Waals surface area contributed by atoms with E-state index in [4.69, 9.17) is 0 Å². The van der Waals surface area contributed by atoms with E-state index in [2.05, 4.69) is 21.2 Å². The van der Waals surface area contributed by atoms with Gasteiger partial charge in [-0.2, -0.15) is 0 Å². The van der Waals surface area contributed by atoms with Crippen LogP contribution in [0.5, 0.6) is 0 Å². The Kier molecular flexibility index (Phi) is 9.25. The minimum absolute atomic E-state index is 0.0349. The van der Waals surface area contributed by atoms with Crippen molar-refractivity contribution in [1.29, 1.82) is 0 Å². The fourth-order valence-corrected chi connectivity index (χ4v) is 4.15. The van der Waals surface area contributed by atoms with Gasteiger partial charge in [-0.15, -0.1) is 0 Å². The minimum Gasteiger partial charge on any atom is -0.352 e. The van der Waals surface area contributed by atoms with Gasteiger partial charge < -0.3 is 10.2 Å². The first-order chi connectivity index (χ1) is 16.0. The van der Waals surface area contributed by atoms with Crippen LogP contribution in [-0.4, -0.2) is 28.8 Å². The van der Waals surface area contributed by atoms with Gasteiger partial charge >= 0.3 is 0 Å². The van der Waals surface area contributed by atoms with Gasteiger partial charge in [0.1, 0.15) is 6.04 Å². The molecule has 3 rings (SSSR count). The summed E-state index contributed by atoms with van der Waals surface area (Å²) in [6, 6.07) is 26.9. The zero-order chi connectivity index (χ0) is 23.6. The summed E-state index contributed by atoms with van der Waals surface area (Å²) in [5, 5.41) is 3.10. The predicted molar refractivity (Wildman–Crippen MR) is 137 cm³/mol. The molecule has 0 saturated carbocycles. The lowest BCUT2D eigenvalue weighted by atomic mass is 10.0. The summed E-state index contributed by atoms with van der Waals surface area (Å²) in [6.07, 6.45) is 1.53. The second-order valence-corrected chi connectivity index (χ2v) is 9.25. The largest absolute Gasteiger partial charge is 0.352 e. The Hall–Kier alpha value is -2.92. The molecule has 4 nitrogen and oxygen atoms in total. The minimum atomic E-state index is -0.614. The van der Waals surface area contributed by atoms with E-state index >= 15 is 0 Å². The Labute approximate surface area is 205 Å². The van der Waals surface area contributed by atoms with Crippen molar-refractivity contribution in [2.24, 2.45) is 0 Å². The van der Waals surface area contributed by atoms with Crippen molar-refractivity contribution in [1.82, 2.24) is 10.2 Å². The summed E-state index contributed by atoms with van der Waals surface area (Å²) in [6.45, 7) is 4.38. The van der Waals surface area contributed by atoms with E-state index in [1.54, 1.807) is 4.90 Å². The van der Waals surface area contributed by atoms with Crippen molar-refractivity contribution in [3.8, 4) is 0 Å². The number of hydrogen-bond acceptors (Lipinski definition) is 2. The SMILES string of the molecule is CC[C@@H](C)NC(=O)[C@@H](Cc1ccccc1)N(Cc1cccc(Br)c1)C(=O)Cc1ccccc1. The highest BCUT2D eigenvalue weighted by molar-refractivity contribution is 9.10. The molecular formula is C28H31BrN2O2. The second-order valence-electron chi connectivity index (χ2n) is 8.34. The maximum Gasteiger partial charge on any atom is 0.243 e. The number of halogens is 1. The maximum absolute atomic E-state index is 13.6. The third kappa shape index (κ3) is 7.57. The number of amides is 2. The Bertz CT molecular complexity index is 1040. The molecule has 2 amide bonds. The van der Waals surface area contributed by atoms with Crippen LogP contribution in [-0.2, 0) is 29.0 Å². The highest BCUT2D eigenvalue weighted by atomic mass is 79.9. The van der Waals surface area contributed by atoms with Crippen molar-refractivity contribution >= 4 is 27.7 Å². The van der Waals surface area contributed by atoms with E-state index in [0.29, 0.717) is 13.0 Å². The molecular weight excluding hydrogens is 476 g/mol. The van der Waals surface area contributed by atoms with Crippen molar-refractivity contribution in [2.75, 3.05) is 0 Å². The van der Waals surface area contributed by atoms with Crippen LogP contribution in [0.25, 0.3) is 0 Å². The molecule has 0 saturated heterocycles. The molecule has 5 heteroatoms. The number of nitrogens with zero attached hydrogens (tertiary/aromatic N) is 1. The monoisotopic (exact) mass is 506 g/mol. The molecule has 0 heterocycles. The Morgan fingerprint density at radius 2 is 1.48 bits per heavy atom. The topological polar surface area (TPSA) is 49.4 Å². The van der Waals surface area contributed by atoms with E-state index in [9.17, 15) is 9.59 Å². The summed E-state index contributed by atoms with van der Waals surface area (Å²) < 4.78 is 0.944. The molecule has 0 aromatic heterocycles. The number of hydrogen-bond donors (Lipinski definition) is 1. The van der Waals surface area contributed by atoms with Gasteiger partial charge in [-0.25, -0.2) is 0 Å². The standard InChI is InChI=1S/C28H31BrN2O2/c1-3-21(2)30-28(33)26(18-22-11-6-4-7-12-22)31(20-24-15-10-16-25(29)17-24)27(32)19-23-13-8-5-9-14-23/h4-17,21,26H,3,18-20H2,1-2H3,(H,30,33)/t21-,26-/m1/s1. The molecule has 33 heavy (non-hydrogen) atoms. The van der Waals surface area contributed by atoms with Crippen LogP contribution in [0, 0.1) is 0 Å². The first-order valence-electron chi connectivity index (χ1n) is 11.4. The molecule has 0 bridgehead atoms. The summed E-state index contributed by atoms with van der Waals surface area (Å²) in [5.41, 5.74) is 2.93. The van der Waals surface area contributed by atoms with E-state index in [-0.39, 0.29) is 24.3 Å². The van der Waals surface area contributed by atoms with E-state index < -0.39 is 6.04 Å². The van der Waals surface area contributed by atoms with Crippen LogP contribution in [0.4, 0.5) is 0 Å². The van der Waals surface area contributed by atoms with Crippen molar-refractivity contribution in [3.05, 3.63) is 106 Å². The van der Waals surface area contributed by atoms with Gasteiger partial charge in [0.25, 0.3) is 0 Å². The van der Waals surface area contributed by atoms with E-state index in [1.165, 1.54) is 0 Å². The quantitative estimate of drug-likeness (QED) is 0.392. The smallest absolute Gasteiger partial charge is 0.243 e. The fraction of sp³-hybridized carbons (Fsp3) is 0.286. The first-order valence-corrected chi connectivity index (χ1v) is 12.2. The van der Waals surface area contributed by atoms with Crippen LogP contribution in [0.15, 0.2) is 89.4 Å². The lowest BCUT2D eigenvalue weighted by Crippen LogP contribution is -2.52. The summed E-state index contributed by atoms with van der Waals surface area (Å²) in [7, 11) is 0. The van der Waals surface area contributed by atoms with Crippen LogP contribution >= 0.6 is 15.9 Å². The van der Waals surface area contributed by atoms with Crippen molar-refractivity contribution in [3.63, 3.8) is 0 Å². The molecule has 3 aromatic rings. The Balaban J connectivity index is 1.96. The van der Waals surface area contributed by atoms with Gasteiger partial charge in [0, 0.05) is 23.5 Å². The third-order valence-corrected chi connectivity index (χ3v) is 6.21. The molecule has 0 aliphatic heterocycles. The van der Waals surface area contributed by atoms with Crippen molar-refractivity contribution < 1.29 is 9.59 Å². The van der Waals surface area contributed by atoms with E-state index in [1.807, 2.05) is 98.8 Å². The Morgan fingerprint density at radius 1 is 0.879 bits per heavy atom. The van der Waals surface area contributed by atoms with Gasteiger partial charge in [0.2, 0.25) is 11.8 Å². The molecule has 0 radical (unpaired) electrons. The lowest BCUT2D eigenvalue weighted by Gasteiger charge is -2.32. The average Bonchev–Trinajstić information content (AvgIpc) is 2.82. The highest BCUT2D eigenvalue weighted by Crippen LogP contribution is 2.19. The highest BCUT2D eigenvalue weighted by Gasteiger charge is 2.31. The predicted octanol–water partition coefficient (Wildman–Crippen LogP) is 5.55. The second kappa shape index (κ2) is 12.4. The summed E-state index contributed by atoms with van der Waals surface area (Å²) in [4.78, 5) is 28.8. The van der Waals surface area contributed by atoms with Gasteiger partial charge in [0.05, 0.1) is 6.42 Å². The molecule has 0 fully saturated rings. The molecule has 172 valence electrons. The molecule has 0 spiro atoms. The maximum atomic E-state index is 13.6. The van der Waals surface area contributed by atoms with Gasteiger partial charge in [-0.1, -0.05) is 95.7 Å². The number of carbonyl (C=O) groups excluding carboxylic acids is 2. The van der Waals surface area contributed by atoms with Crippen LogP contribution in [0.2, 0.25) is 0 Å². The van der Waals surface area contributed by atoms with Crippen LogP contribution in [0.3, 0.4) is 0 Å². The normalized spacial score (nSPS) is 12.6. The summed E-state index contributed by atoms with van der Waals surface area (Å²) >= 11 is 3.52. The summed E-state index contributed by atoms with van der Waals surface area (Å²) in [5.74, 6) is -0.189. The zero-order valence-corrected chi connectivity index (χ0v) is 20.8. The van der Waals surface area contributed by atoms with Crippen LogP contribution in [0.1, 0.15) is 37.0 Å². The molecule has 2 atom stereocenters. The number of rotatable bonds is 10. The number of nitrogens with one attached hydrogen (secondary N) is 1. The molecule has 3 aromatic carbocycles. The van der Waals surface area contributed by atoms with Gasteiger partial charge in [0.15, 0.2) is 0 Å². The number of benzene rings is 3. The average molecular weight is 507 g/mol. The first kappa shape index (κ1) is 24.7. The van der Waals surface area contributed by atoms with E-state index in [0.717, 1.165) is 27.6 Å². The lowest BCUT2D eigenvalue weighted by molar-refractivity contribution is -0.141. The van der Waals surface area contributed by atoms with Gasteiger partial charge in [-0.05, 0) is 42.2 Å². The van der Waals surface area contributed by atoms with Crippen molar-refractivity contribution in [2.45, 2.75) is 51.7 Å². The number of carbonyl (C=O) groups is 2. The van der Waals surface area contributed by atoms with Crippen LogP contribution < -0.4 is 5.32 Å². The third-order valence-electron chi connectivity index (χ3n) is 5.71. The Morgan fingerprint density at radius 3 is 2.09 bits per heavy atom. The molecule has 0 aliphatic carbocycles. The molecule has 0 unspecified atom stereocenters. The molecule has 1 N–H and O–H groups in total. The molecule has 0 aliphatic rings.